The van der Waals surface area contributed by atoms with Gasteiger partial charge >= 0.3 is 12.0 Å². The lowest BCUT2D eigenvalue weighted by Gasteiger charge is -2.23. The van der Waals surface area contributed by atoms with Gasteiger partial charge in [0.15, 0.2) is 9.84 Å². The fourth-order valence-corrected chi connectivity index (χ4v) is 5.64. The summed E-state index contributed by atoms with van der Waals surface area (Å²) in [7, 11) is -3.23. The number of hydrogen-bond donors (Lipinski definition) is 2. The number of nitrogens with one attached hydrogen (secondary N) is 1. The quantitative estimate of drug-likeness (QED) is 0.834. The highest BCUT2D eigenvalue weighted by Crippen LogP contribution is 2.48. The van der Waals surface area contributed by atoms with E-state index in [-0.39, 0.29) is 29.2 Å². The first-order chi connectivity index (χ1) is 11.2. The molecule has 2 amide bonds. The minimum absolute atomic E-state index is 0.0272. The molecular formula is C15H20N2O5S2. The van der Waals surface area contributed by atoms with Crippen LogP contribution in [0.2, 0.25) is 0 Å². The van der Waals surface area contributed by atoms with E-state index in [0.29, 0.717) is 13.0 Å². The Morgan fingerprint density at radius 3 is 2.79 bits per heavy atom. The predicted octanol–water partition coefficient (Wildman–Crippen LogP) is 1.55. The van der Waals surface area contributed by atoms with Crippen LogP contribution in [0, 0.1) is 11.3 Å². The lowest BCUT2D eigenvalue weighted by atomic mass is 9.81. The molecular weight excluding hydrogens is 352 g/mol. The van der Waals surface area contributed by atoms with Crippen LogP contribution < -0.4 is 5.32 Å². The van der Waals surface area contributed by atoms with Crippen molar-refractivity contribution in [3.05, 3.63) is 17.0 Å². The fraction of sp³-hybridized carbons (Fsp3) is 0.600. The monoisotopic (exact) mass is 372 g/mol. The Hall–Kier alpha value is -1.61. The zero-order chi connectivity index (χ0) is 17.5. The molecule has 9 heteroatoms. The van der Waals surface area contributed by atoms with Crippen molar-refractivity contribution in [2.75, 3.05) is 19.3 Å². The van der Waals surface area contributed by atoms with E-state index in [2.05, 4.69) is 5.32 Å². The molecule has 1 aliphatic heterocycles. The second-order valence-electron chi connectivity index (χ2n) is 6.58. The summed E-state index contributed by atoms with van der Waals surface area (Å²) in [5, 5.41) is 12.3. The first-order valence-electron chi connectivity index (χ1n) is 7.77. The van der Waals surface area contributed by atoms with E-state index in [0.717, 1.165) is 35.3 Å². The number of fused-ring (bicyclic) bond motifs is 1. The molecule has 0 unspecified atom stereocenters. The van der Waals surface area contributed by atoms with Gasteiger partial charge in [-0.25, -0.2) is 13.2 Å². The van der Waals surface area contributed by atoms with E-state index >= 15 is 0 Å². The van der Waals surface area contributed by atoms with Crippen molar-refractivity contribution in [1.82, 2.24) is 10.2 Å². The number of likely N-dealkylation sites (tertiary alicyclic amines) is 1. The molecule has 1 saturated carbocycles. The van der Waals surface area contributed by atoms with Crippen LogP contribution in [0.1, 0.15) is 24.1 Å². The lowest BCUT2D eigenvalue weighted by Crippen LogP contribution is -2.41. The number of carboxylic acid groups (broad SMARTS) is 1. The zero-order valence-electron chi connectivity index (χ0n) is 13.3. The normalized spacial score (nSPS) is 26.4. The Kier molecular flexibility index (Phi) is 4.33. The van der Waals surface area contributed by atoms with Crippen molar-refractivity contribution in [3.63, 3.8) is 0 Å². The first-order valence-corrected chi connectivity index (χ1v) is 10.5. The fourth-order valence-electron chi connectivity index (χ4n) is 3.72. The number of hydrogen-bond acceptors (Lipinski definition) is 5. The zero-order valence-corrected chi connectivity index (χ0v) is 15.0. The maximum Gasteiger partial charge on any atom is 0.317 e. The highest BCUT2D eigenvalue weighted by atomic mass is 32.2. The van der Waals surface area contributed by atoms with Crippen LogP contribution in [0.15, 0.2) is 16.3 Å². The number of urea groups is 1. The van der Waals surface area contributed by atoms with Crippen molar-refractivity contribution in [3.8, 4) is 0 Å². The van der Waals surface area contributed by atoms with Crippen LogP contribution in [-0.2, 0) is 21.2 Å². The van der Waals surface area contributed by atoms with Crippen molar-refractivity contribution in [2.24, 2.45) is 11.3 Å². The largest absolute Gasteiger partial charge is 0.481 e. The number of aliphatic carboxylic acids is 1. The summed E-state index contributed by atoms with van der Waals surface area (Å²) in [6.45, 7) is 0.954. The Morgan fingerprint density at radius 1 is 1.46 bits per heavy atom. The molecule has 2 atom stereocenters. The molecule has 2 N–H and O–H groups in total. The Labute approximate surface area is 144 Å². The molecule has 132 valence electrons. The van der Waals surface area contributed by atoms with Gasteiger partial charge < -0.3 is 15.3 Å². The topological polar surface area (TPSA) is 104 Å². The summed E-state index contributed by atoms with van der Waals surface area (Å²) in [6, 6.07) is 2.92. The number of carbonyl (C=O) groups excluding carboxylic acids is 1. The Morgan fingerprint density at radius 2 is 2.21 bits per heavy atom. The van der Waals surface area contributed by atoms with Crippen LogP contribution >= 0.6 is 11.3 Å². The van der Waals surface area contributed by atoms with E-state index in [1.807, 2.05) is 0 Å². The van der Waals surface area contributed by atoms with Crippen molar-refractivity contribution in [1.29, 1.82) is 0 Å². The smallest absolute Gasteiger partial charge is 0.317 e. The van der Waals surface area contributed by atoms with Gasteiger partial charge in [-0.15, -0.1) is 11.3 Å². The minimum atomic E-state index is -3.23. The SMILES string of the molecule is CS(=O)(=O)c1ccc(CNC(=O)N2C[C@@H]3CCC[C@@]3(C(=O)O)C2)s1. The molecule has 1 aromatic rings. The van der Waals surface area contributed by atoms with Gasteiger partial charge in [0.05, 0.1) is 12.0 Å². The molecule has 3 rings (SSSR count). The molecule has 1 aliphatic carbocycles. The van der Waals surface area contributed by atoms with E-state index in [1.165, 1.54) is 6.07 Å². The third-order valence-corrected chi connectivity index (χ3v) is 7.91. The number of carboxylic acids is 1. The van der Waals surface area contributed by atoms with Gasteiger partial charge in [-0.1, -0.05) is 6.42 Å². The van der Waals surface area contributed by atoms with Gasteiger partial charge in [-0.3, -0.25) is 4.79 Å². The number of carbonyl (C=O) groups is 2. The molecule has 0 aromatic carbocycles. The summed E-state index contributed by atoms with van der Waals surface area (Å²) >= 11 is 1.13. The highest BCUT2D eigenvalue weighted by Gasteiger charge is 2.55. The van der Waals surface area contributed by atoms with Crippen LogP contribution in [0.25, 0.3) is 0 Å². The second kappa shape index (κ2) is 6.03. The standard InChI is InChI=1S/C15H20N2O5S2/c1-24(21,22)12-5-4-11(23-12)7-16-14(20)17-8-10-3-2-6-15(10,9-17)13(18)19/h4-5,10H,2-3,6-9H2,1H3,(H,16,20)(H,18,19)/t10-,15+/m0/s1. The van der Waals surface area contributed by atoms with Crippen LogP contribution in [0.3, 0.4) is 0 Å². The maximum atomic E-state index is 12.3. The minimum Gasteiger partial charge on any atom is -0.481 e. The number of nitrogens with zero attached hydrogens (tertiary/aromatic N) is 1. The summed E-state index contributed by atoms with van der Waals surface area (Å²) in [5.74, 6) is -0.782. The highest BCUT2D eigenvalue weighted by molar-refractivity contribution is 7.92. The predicted molar refractivity (Wildman–Crippen MR) is 88.6 cm³/mol. The number of thiophene rings is 1. The van der Waals surface area contributed by atoms with Gasteiger partial charge in [0.2, 0.25) is 0 Å². The average Bonchev–Trinajstić information content (AvgIpc) is 3.17. The molecule has 2 fully saturated rings. The third kappa shape index (κ3) is 3.02. The summed E-state index contributed by atoms with van der Waals surface area (Å²) < 4.78 is 23.2. The molecule has 2 aliphatic rings. The van der Waals surface area contributed by atoms with E-state index in [9.17, 15) is 23.1 Å². The van der Waals surface area contributed by atoms with E-state index in [1.54, 1.807) is 11.0 Å². The van der Waals surface area contributed by atoms with Crippen molar-refractivity contribution < 1.29 is 23.1 Å². The maximum absolute atomic E-state index is 12.3. The molecule has 7 nitrogen and oxygen atoms in total. The lowest BCUT2D eigenvalue weighted by molar-refractivity contribution is -0.149. The summed E-state index contributed by atoms with van der Waals surface area (Å²) in [4.78, 5) is 26.3. The van der Waals surface area contributed by atoms with Gasteiger partial charge in [0, 0.05) is 24.2 Å². The molecule has 0 bridgehead atoms. The van der Waals surface area contributed by atoms with Crippen molar-refractivity contribution in [2.45, 2.75) is 30.0 Å². The number of amides is 2. The molecule has 2 heterocycles. The van der Waals surface area contributed by atoms with Gasteiger partial charge in [0.1, 0.15) is 4.21 Å². The van der Waals surface area contributed by atoms with Crippen LogP contribution in [-0.4, -0.2) is 49.8 Å². The summed E-state index contributed by atoms with van der Waals surface area (Å²) in [6.07, 6.45) is 3.52. The Bertz CT molecular complexity index is 773. The van der Waals surface area contributed by atoms with Gasteiger partial charge in [0.25, 0.3) is 0 Å². The van der Waals surface area contributed by atoms with Crippen LogP contribution in [0.5, 0.6) is 0 Å². The second-order valence-corrected chi connectivity index (χ2v) is 9.99. The molecule has 1 saturated heterocycles. The van der Waals surface area contributed by atoms with Gasteiger partial charge in [-0.2, -0.15) is 0 Å². The van der Waals surface area contributed by atoms with Crippen molar-refractivity contribution >= 4 is 33.2 Å². The third-order valence-electron chi connectivity index (χ3n) is 5.00. The molecule has 1 aromatic heterocycles. The number of rotatable bonds is 4. The van der Waals surface area contributed by atoms with Gasteiger partial charge in [-0.05, 0) is 30.9 Å². The first kappa shape index (κ1) is 17.2. The Balaban J connectivity index is 1.61. The van der Waals surface area contributed by atoms with E-state index < -0.39 is 21.2 Å². The molecule has 24 heavy (non-hydrogen) atoms. The molecule has 0 radical (unpaired) electrons. The van der Waals surface area contributed by atoms with E-state index in [4.69, 9.17) is 0 Å². The molecule has 0 spiro atoms. The van der Waals surface area contributed by atoms with Crippen LogP contribution in [0.4, 0.5) is 4.79 Å². The summed E-state index contributed by atoms with van der Waals surface area (Å²) in [5.41, 5.74) is -0.788. The average molecular weight is 372 g/mol. The number of sulfone groups is 1.